The van der Waals surface area contributed by atoms with Gasteiger partial charge in [-0.2, -0.15) is 0 Å². The summed E-state index contributed by atoms with van der Waals surface area (Å²) in [5.41, 5.74) is 2.19. The van der Waals surface area contributed by atoms with Crippen molar-refractivity contribution in [2.45, 2.75) is 18.9 Å². The fourth-order valence-corrected chi connectivity index (χ4v) is 2.65. The van der Waals surface area contributed by atoms with Crippen LogP contribution in [0, 0.1) is 0 Å². The van der Waals surface area contributed by atoms with Gasteiger partial charge >= 0.3 is 0 Å². The molecule has 104 valence electrons. The lowest BCUT2D eigenvalue weighted by molar-refractivity contribution is -0.119. The molecule has 0 saturated heterocycles. The number of amides is 1. The SMILES string of the molecule is CN1C(=O)CC(NCCc2ccco2)c2ccccc21. The van der Waals surface area contributed by atoms with Gasteiger partial charge in [-0.3, -0.25) is 4.79 Å². The molecule has 4 heteroatoms. The number of para-hydroxylation sites is 1. The summed E-state index contributed by atoms with van der Waals surface area (Å²) in [6.45, 7) is 0.795. The fourth-order valence-electron chi connectivity index (χ4n) is 2.65. The van der Waals surface area contributed by atoms with Gasteiger partial charge in [-0.15, -0.1) is 0 Å². The molecule has 1 amide bonds. The zero-order valence-corrected chi connectivity index (χ0v) is 11.5. The summed E-state index contributed by atoms with van der Waals surface area (Å²) in [6.07, 6.45) is 3.02. The number of rotatable bonds is 4. The first-order valence-electron chi connectivity index (χ1n) is 6.87. The third-order valence-electron chi connectivity index (χ3n) is 3.77. The van der Waals surface area contributed by atoms with E-state index in [2.05, 4.69) is 11.4 Å². The normalized spacial score (nSPS) is 18.1. The fraction of sp³-hybridized carbons (Fsp3) is 0.312. The van der Waals surface area contributed by atoms with Gasteiger partial charge in [0, 0.05) is 38.2 Å². The van der Waals surface area contributed by atoms with Gasteiger partial charge in [0.05, 0.1) is 6.26 Å². The number of furan rings is 1. The minimum absolute atomic E-state index is 0.0878. The largest absolute Gasteiger partial charge is 0.469 e. The van der Waals surface area contributed by atoms with Gasteiger partial charge in [-0.25, -0.2) is 0 Å². The molecule has 0 fully saturated rings. The Balaban J connectivity index is 1.70. The van der Waals surface area contributed by atoms with E-state index in [9.17, 15) is 4.79 Å². The monoisotopic (exact) mass is 270 g/mol. The van der Waals surface area contributed by atoms with Crippen molar-refractivity contribution in [3.63, 3.8) is 0 Å². The molecule has 4 nitrogen and oxygen atoms in total. The molecular formula is C16H18N2O2. The van der Waals surface area contributed by atoms with E-state index in [1.165, 1.54) is 5.56 Å². The second-order valence-electron chi connectivity index (χ2n) is 5.05. The maximum absolute atomic E-state index is 12.0. The third kappa shape index (κ3) is 2.47. The van der Waals surface area contributed by atoms with Gasteiger partial charge in [0.15, 0.2) is 0 Å². The van der Waals surface area contributed by atoms with E-state index in [1.807, 2.05) is 37.4 Å². The van der Waals surface area contributed by atoms with Crippen LogP contribution in [0.3, 0.4) is 0 Å². The van der Waals surface area contributed by atoms with Crippen molar-refractivity contribution in [1.82, 2.24) is 5.32 Å². The van der Waals surface area contributed by atoms with Crippen molar-refractivity contribution in [3.05, 3.63) is 54.0 Å². The van der Waals surface area contributed by atoms with Gasteiger partial charge in [0.2, 0.25) is 5.91 Å². The van der Waals surface area contributed by atoms with Crippen LogP contribution in [0.25, 0.3) is 0 Å². The summed E-state index contributed by atoms with van der Waals surface area (Å²) in [7, 11) is 1.83. The van der Waals surface area contributed by atoms with Crippen LogP contribution in [0.1, 0.15) is 23.8 Å². The molecule has 0 spiro atoms. The lowest BCUT2D eigenvalue weighted by Gasteiger charge is -2.32. The molecule has 1 unspecified atom stereocenters. The number of hydrogen-bond donors (Lipinski definition) is 1. The van der Waals surface area contributed by atoms with Gasteiger partial charge in [-0.05, 0) is 23.8 Å². The van der Waals surface area contributed by atoms with Gasteiger partial charge in [-0.1, -0.05) is 18.2 Å². The Labute approximate surface area is 118 Å². The van der Waals surface area contributed by atoms with Crippen molar-refractivity contribution >= 4 is 11.6 Å². The smallest absolute Gasteiger partial charge is 0.228 e. The Morgan fingerprint density at radius 3 is 2.95 bits per heavy atom. The summed E-state index contributed by atoms with van der Waals surface area (Å²) < 4.78 is 5.32. The van der Waals surface area contributed by atoms with E-state index in [0.717, 1.165) is 24.4 Å². The molecule has 0 saturated carbocycles. The molecule has 20 heavy (non-hydrogen) atoms. The van der Waals surface area contributed by atoms with Crippen molar-refractivity contribution in [2.24, 2.45) is 0 Å². The van der Waals surface area contributed by atoms with E-state index in [0.29, 0.717) is 6.42 Å². The van der Waals surface area contributed by atoms with E-state index in [4.69, 9.17) is 4.42 Å². The second kappa shape index (κ2) is 5.51. The molecule has 2 aromatic rings. The molecule has 1 aromatic carbocycles. The Kier molecular flexibility index (Phi) is 3.56. The van der Waals surface area contributed by atoms with Crippen LogP contribution in [0.15, 0.2) is 47.1 Å². The van der Waals surface area contributed by atoms with Crippen LogP contribution in [0.4, 0.5) is 5.69 Å². The molecule has 3 rings (SSSR count). The third-order valence-corrected chi connectivity index (χ3v) is 3.77. The maximum Gasteiger partial charge on any atom is 0.228 e. The highest BCUT2D eigenvalue weighted by Crippen LogP contribution is 2.33. The zero-order chi connectivity index (χ0) is 13.9. The number of nitrogens with zero attached hydrogens (tertiary/aromatic N) is 1. The highest BCUT2D eigenvalue weighted by molar-refractivity contribution is 5.96. The number of carbonyl (C=O) groups is 1. The van der Waals surface area contributed by atoms with E-state index < -0.39 is 0 Å². The minimum Gasteiger partial charge on any atom is -0.469 e. The molecule has 0 radical (unpaired) electrons. The van der Waals surface area contributed by atoms with Crippen LogP contribution >= 0.6 is 0 Å². The molecule has 1 aliphatic rings. The van der Waals surface area contributed by atoms with Crippen molar-refractivity contribution < 1.29 is 9.21 Å². The van der Waals surface area contributed by atoms with Crippen molar-refractivity contribution in [3.8, 4) is 0 Å². The number of fused-ring (bicyclic) bond motifs is 1. The van der Waals surface area contributed by atoms with Crippen molar-refractivity contribution in [1.29, 1.82) is 0 Å². The van der Waals surface area contributed by atoms with Crippen LogP contribution in [0.2, 0.25) is 0 Å². The lowest BCUT2D eigenvalue weighted by atomic mass is 9.96. The van der Waals surface area contributed by atoms with Gasteiger partial charge in [0.1, 0.15) is 5.76 Å². The molecule has 0 bridgehead atoms. The lowest BCUT2D eigenvalue weighted by Crippen LogP contribution is -2.38. The van der Waals surface area contributed by atoms with Gasteiger partial charge in [0.25, 0.3) is 0 Å². The first kappa shape index (κ1) is 12.9. The number of carbonyl (C=O) groups excluding carboxylic acids is 1. The molecule has 1 atom stereocenters. The Hall–Kier alpha value is -2.07. The standard InChI is InChI=1S/C16H18N2O2/c1-18-15-7-3-2-6-13(15)14(11-16(18)19)17-9-8-12-5-4-10-20-12/h2-7,10,14,17H,8-9,11H2,1H3. The van der Waals surface area contributed by atoms with Crippen LogP contribution in [-0.2, 0) is 11.2 Å². The summed E-state index contributed by atoms with van der Waals surface area (Å²) in [4.78, 5) is 13.8. The van der Waals surface area contributed by atoms with Gasteiger partial charge < -0.3 is 14.6 Å². The summed E-state index contributed by atoms with van der Waals surface area (Å²) >= 11 is 0. The van der Waals surface area contributed by atoms with Crippen molar-refractivity contribution in [2.75, 3.05) is 18.5 Å². The van der Waals surface area contributed by atoms with Crippen LogP contribution < -0.4 is 10.2 Å². The average Bonchev–Trinajstić information content (AvgIpc) is 2.97. The molecule has 1 aromatic heterocycles. The van der Waals surface area contributed by atoms with E-state index in [-0.39, 0.29) is 11.9 Å². The quantitative estimate of drug-likeness (QED) is 0.928. The summed E-state index contributed by atoms with van der Waals surface area (Å²) in [5.74, 6) is 1.12. The predicted octanol–water partition coefficient (Wildman–Crippen LogP) is 2.52. The Morgan fingerprint density at radius 2 is 2.15 bits per heavy atom. The maximum atomic E-state index is 12.0. The second-order valence-corrected chi connectivity index (χ2v) is 5.05. The molecular weight excluding hydrogens is 252 g/mol. The molecule has 2 heterocycles. The number of benzene rings is 1. The molecule has 0 aliphatic carbocycles. The van der Waals surface area contributed by atoms with E-state index >= 15 is 0 Å². The predicted molar refractivity (Wildman–Crippen MR) is 77.6 cm³/mol. The Morgan fingerprint density at radius 1 is 1.30 bits per heavy atom. The first-order chi connectivity index (χ1) is 9.75. The zero-order valence-electron chi connectivity index (χ0n) is 11.5. The summed E-state index contributed by atoms with van der Waals surface area (Å²) in [5, 5.41) is 3.46. The minimum atomic E-state index is 0.0878. The molecule has 1 N–H and O–H groups in total. The van der Waals surface area contributed by atoms with Crippen LogP contribution in [-0.4, -0.2) is 19.5 Å². The van der Waals surface area contributed by atoms with Crippen LogP contribution in [0.5, 0.6) is 0 Å². The first-order valence-corrected chi connectivity index (χ1v) is 6.87. The highest BCUT2D eigenvalue weighted by Gasteiger charge is 2.28. The highest BCUT2D eigenvalue weighted by atomic mass is 16.3. The topological polar surface area (TPSA) is 45.5 Å². The summed E-state index contributed by atoms with van der Waals surface area (Å²) in [6, 6.07) is 12.0. The molecule has 1 aliphatic heterocycles. The average molecular weight is 270 g/mol. The van der Waals surface area contributed by atoms with E-state index in [1.54, 1.807) is 11.2 Å². The number of anilines is 1. The number of hydrogen-bond acceptors (Lipinski definition) is 3. The number of nitrogens with one attached hydrogen (secondary N) is 1. The Bertz CT molecular complexity index is 592.